The van der Waals surface area contributed by atoms with Gasteiger partial charge >= 0.3 is 0 Å². The lowest BCUT2D eigenvalue weighted by atomic mass is 9.98. The first kappa shape index (κ1) is 25.0. The minimum absolute atomic E-state index is 0.0145. The molecule has 0 saturated heterocycles. The number of hydrogen-bond donors (Lipinski definition) is 2. The van der Waals surface area contributed by atoms with Crippen molar-refractivity contribution >= 4 is 33.5 Å². The van der Waals surface area contributed by atoms with Crippen molar-refractivity contribution in [3.05, 3.63) is 94.6 Å². The minimum Gasteiger partial charge on any atom is -0.495 e. The number of fused-ring (bicyclic) bond motifs is 2. The third kappa shape index (κ3) is 3.82. The van der Waals surface area contributed by atoms with Gasteiger partial charge in [-0.25, -0.2) is 23.4 Å². The number of aromatic nitrogens is 4. The molecule has 200 valence electrons. The summed E-state index contributed by atoms with van der Waals surface area (Å²) in [7, 11) is 1.51. The Labute approximate surface area is 225 Å². The molecule has 11 heteroatoms. The predicted molar refractivity (Wildman–Crippen MR) is 148 cm³/mol. The fraction of sp³-hybridized carbons (Fsp3) is 0.103. The molecule has 0 aliphatic heterocycles. The van der Waals surface area contributed by atoms with Gasteiger partial charge in [0.1, 0.15) is 58.0 Å². The molecule has 6 aromatic rings. The average molecular weight is 541 g/mol. The molecular formula is C29H22F2N6O3. The number of nitrogens with zero attached hydrogens (tertiary/aromatic N) is 4. The van der Waals surface area contributed by atoms with E-state index in [2.05, 4.69) is 9.97 Å². The van der Waals surface area contributed by atoms with Gasteiger partial charge in [0.2, 0.25) is 5.43 Å². The van der Waals surface area contributed by atoms with Crippen LogP contribution < -0.4 is 21.6 Å². The summed E-state index contributed by atoms with van der Waals surface area (Å²) < 4.78 is 42.8. The summed E-state index contributed by atoms with van der Waals surface area (Å²) in [5.41, 5.74) is 13.3. The van der Waals surface area contributed by atoms with Gasteiger partial charge in [-0.3, -0.25) is 4.79 Å². The maximum Gasteiger partial charge on any atom is 0.203 e. The zero-order valence-electron chi connectivity index (χ0n) is 21.4. The van der Waals surface area contributed by atoms with E-state index < -0.39 is 23.1 Å². The molecule has 0 aliphatic rings. The Balaban J connectivity index is 1.65. The Morgan fingerprint density at radius 1 is 0.975 bits per heavy atom. The van der Waals surface area contributed by atoms with Gasteiger partial charge < -0.3 is 20.6 Å². The van der Waals surface area contributed by atoms with Crippen molar-refractivity contribution in [1.29, 1.82) is 0 Å². The summed E-state index contributed by atoms with van der Waals surface area (Å²) in [6.45, 7) is 1.71. The maximum absolute atomic E-state index is 15.1. The molecule has 0 saturated carbocycles. The molecule has 0 fully saturated rings. The Hall–Kier alpha value is -5.32. The van der Waals surface area contributed by atoms with Crippen LogP contribution in [0.3, 0.4) is 0 Å². The predicted octanol–water partition coefficient (Wildman–Crippen LogP) is 5.33. The molecule has 0 unspecified atom stereocenters. The van der Waals surface area contributed by atoms with Crippen LogP contribution in [0.15, 0.2) is 76.2 Å². The van der Waals surface area contributed by atoms with Gasteiger partial charge in [-0.2, -0.15) is 5.10 Å². The number of methoxy groups -OCH3 is 1. The highest BCUT2D eigenvalue weighted by atomic mass is 19.1. The van der Waals surface area contributed by atoms with Crippen molar-refractivity contribution in [2.75, 3.05) is 18.6 Å². The second-order valence-corrected chi connectivity index (χ2v) is 9.15. The molecule has 0 amide bonds. The quantitative estimate of drug-likeness (QED) is 0.280. The second kappa shape index (κ2) is 9.45. The topological polar surface area (TPSA) is 135 Å². The van der Waals surface area contributed by atoms with Gasteiger partial charge in [-0.15, -0.1) is 0 Å². The Bertz CT molecular complexity index is 2000. The standard InChI is InChI=1S/C29H22F2N6O3/c1-14(27-22(16-6-3-4-7-17(16)30)26(38)23-18(31)8-5-9-21(23)40-27)37-29-24(28(33)34-13-35-29)25(36-37)15-10-11-20(39-2)19(32)12-15/h3-14H,32H2,1-2H3,(H2,33,34,35)/t14-/m0/s1. The molecule has 3 aromatic carbocycles. The number of benzene rings is 3. The van der Waals surface area contributed by atoms with E-state index in [0.717, 1.165) is 6.07 Å². The number of nitrogen functional groups attached to an aromatic ring is 2. The number of ether oxygens (including phenoxy) is 1. The van der Waals surface area contributed by atoms with Crippen LogP contribution in [0.2, 0.25) is 0 Å². The van der Waals surface area contributed by atoms with Gasteiger partial charge in [0.25, 0.3) is 0 Å². The largest absolute Gasteiger partial charge is 0.495 e. The number of anilines is 2. The summed E-state index contributed by atoms with van der Waals surface area (Å²) in [6, 6.07) is 14.1. The van der Waals surface area contributed by atoms with Crippen LogP contribution in [0, 0.1) is 11.6 Å². The molecule has 0 spiro atoms. The molecule has 0 radical (unpaired) electrons. The molecule has 3 aromatic heterocycles. The number of rotatable bonds is 5. The first-order chi connectivity index (χ1) is 19.3. The average Bonchev–Trinajstić information content (AvgIpc) is 3.34. The van der Waals surface area contributed by atoms with Gasteiger partial charge in [-0.1, -0.05) is 24.3 Å². The SMILES string of the molecule is COc1ccc(-c2nn([C@@H](C)c3oc4cccc(F)c4c(=O)c3-c3ccccc3F)c3ncnc(N)c23)cc1N. The van der Waals surface area contributed by atoms with Crippen LogP contribution in [-0.4, -0.2) is 26.9 Å². The lowest BCUT2D eigenvalue weighted by Gasteiger charge is -2.17. The van der Waals surface area contributed by atoms with E-state index in [0.29, 0.717) is 33.7 Å². The third-order valence-corrected chi connectivity index (χ3v) is 6.81. The molecular weight excluding hydrogens is 518 g/mol. The lowest BCUT2D eigenvalue weighted by molar-refractivity contribution is 0.417. The van der Waals surface area contributed by atoms with Crippen LogP contribution in [0.4, 0.5) is 20.3 Å². The monoisotopic (exact) mass is 540 g/mol. The van der Waals surface area contributed by atoms with E-state index in [9.17, 15) is 9.18 Å². The maximum atomic E-state index is 15.1. The first-order valence-corrected chi connectivity index (χ1v) is 12.2. The van der Waals surface area contributed by atoms with Crippen LogP contribution in [0.1, 0.15) is 18.7 Å². The fourth-order valence-electron chi connectivity index (χ4n) is 4.89. The number of hydrogen-bond acceptors (Lipinski definition) is 8. The molecule has 1 atom stereocenters. The summed E-state index contributed by atoms with van der Waals surface area (Å²) >= 11 is 0. The third-order valence-electron chi connectivity index (χ3n) is 6.81. The van der Waals surface area contributed by atoms with Gasteiger partial charge in [0, 0.05) is 11.1 Å². The molecule has 3 heterocycles. The Kier molecular flexibility index (Phi) is 5.91. The van der Waals surface area contributed by atoms with Crippen molar-refractivity contribution in [3.8, 4) is 28.1 Å². The Morgan fingerprint density at radius 3 is 2.50 bits per heavy atom. The van der Waals surface area contributed by atoms with Gasteiger partial charge in [0.15, 0.2) is 5.65 Å². The number of halogens is 2. The zero-order chi connectivity index (χ0) is 28.1. The fourth-order valence-corrected chi connectivity index (χ4v) is 4.89. The summed E-state index contributed by atoms with van der Waals surface area (Å²) in [6.07, 6.45) is 1.29. The normalized spacial score (nSPS) is 12.2. The molecule has 40 heavy (non-hydrogen) atoms. The zero-order valence-corrected chi connectivity index (χ0v) is 21.4. The van der Waals surface area contributed by atoms with Crippen molar-refractivity contribution in [1.82, 2.24) is 19.7 Å². The van der Waals surface area contributed by atoms with E-state index in [4.69, 9.17) is 25.7 Å². The molecule has 9 nitrogen and oxygen atoms in total. The highest BCUT2D eigenvalue weighted by Crippen LogP contribution is 2.38. The molecule has 0 bridgehead atoms. The van der Waals surface area contributed by atoms with E-state index in [-0.39, 0.29) is 33.7 Å². The van der Waals surface area contributed by atoms with Crippen molar-refractivity contribution in [2.45, 2.75) is 13.0 Å². The van der Waals surface area contributed by atoms with E-state index in [1.165, 1.54) is 48.5 Å². The molecule has 6 rings (SSSR count). The van der Waals surface area contributed by atoms with Crippen LogP contribution in [0.5, 0.6) is 5.75 Å². The van der Waals surface area contributed by atoms with Crippen molar-refractivity contribution in [3.63, 3.8) is 0 Å². The summed E-state index contributed by atoms with van der Waals surface area (Å²) in [5, 5.41) is 4.96. The smallest absolute Gasteiger partial charge is 0.203 e. The first-order valence-electron chi connectivity index (χ1n) is 12.2. The van der Waals surface area contributed by atoms with E-state index >= 15 is 4.39 Å². The van der Waals surface area contributed by atoms with Crippen LogP contribution in [0.25, 0.3) is 44.4 Å². The van der Waals surface area contributed by atoms with Crippen LogP contribution in [-0.2, 0) is 0 Å². The van der Waals surface area contributed by atoms with E-state index in [1.54, 1.807) is 31.2 Å². The minimum atomic E-state index is -0.823. The Morgan fingerprint density at radius 2 is 1.75 bits per heavy atom. The van der Waals surface area contributed by atoms with Gasteiger partial charge in [-0.05, 0) is 43.3 Å². The van der Waals surface area contributed by atoms with E-state index in [1.807, 2.05) is 0 Å². The van der Waals surface area contributed by atoms with Gasteiger partial charge in [0.05, 0.1) is 23.7 Å². The van der Waals surface area contributed by atoms with Crippen LogP contribution >= 0.6 is 0 Å². The summed E-state index contributed by atoms with van der Waals surface area (Å²) in [4.78, 5) is 22.3. The van der Waals surface area contributed by atoms with Crippen molar-refractivity contribution < 1.29 is 17.9 Å². The summed E-state index contributed by atoms with van der Waals surface area (Å²) in [5.74, 6) is -0.706. The highest BCUT2D eigenvalue weighted by molar-refractivity contribution is 5.99. The lowest BCUT2D eigenvalue weighted by Crippen LogP contribution is -2.17. The molecule has 0 aliphatic carbocycles. The molecule has 4 N–H and O–H groups in total. The number of nitrogens with two attached hydrogens (primary N) is 2. The highest BCUT2D eigenvalue weighted by Gasteiger charge is 2.28. The van der Waals surface area contributed by atoms with Crippen molar-refractivity contribution in [2.24, 2.45) is 0 Å². The second-order valence-electron chi connectivity index (χ2n) is 9.15.